The molecule has 7 heteroatoms. The average molecular weight is 388 g/mol. The first-order valence-electron chi connectivity index (χ1n) is 7.93. The quantitative estimate of drug-likeness (QED) is 0.714. The van der Waals surface area contributed by atoms with Gasteiger partial charge in [0.15, 0.2) is 4.80 Å². The van der Waals surface area contributed by atoms with Crippen LogP contribution in [0.25, 0.3) is 0 Å². The Morgan fingerprint density at radius 2 is 1.88 bits per heavy atom. The first-order valence-corrected chi connectivity index (χ1v) is 9.18. The summed E-state index contributed by atoms with van der Waals surface area (Å²) < 4.78 is 7.03. The van der Waals surface area contributed by atoms with Gasteiger partial charge in [-0.25, -0.2) is 4.99 Å². The lowest BCUT2D eigenvalue weighted by molar-refractivity contribution is -0.115. The number of halogens is 1. The summed E-state index contributed by atoms with van der Waals surface area (Å²) in [7, 11) is 3.51. The number of hydrogen-bond donors (Lipinski definition) is 1. The summed E-state index contributed by atoms with van der Waals surface area (Å²) in [4.78, 5) is 17.7. The molecule has 0 unspecified atom stereocenters. The Morgan fingerprint density at radius 1 is 1.19 bits per heavy atom. The lowest BCUT2D eigenvalue weighted by Crippen LogP contribution is -2.19. The van der Waals surface area contributed by atoms with Gasteiger partial charge in [-0.2, -0.15) is 0 Å². The van der Waals surface area contributed by atoms with Crippen molar-refractivity contribution in [2.75, 3.05) is 12.4 Å². The Morgan fingerprint density at radius 3 is 2.54 bits per heavy atom. The number of nitrogens with one attached hydrogen (secondary N) is 1. The number of ether oxygens (including phenoxy) is 1. The number of carbonyl (C=O) groups is 1. The molecular weight excluding hydrogens is 370 g/mol. The maximum atomic E-state index is 12.3. The fourth-order valence-electron chi connectivity index (χ4n) is 2.33. The van der Waals surface area contributed by atoms with Crippen LogP contribution >= 0.6 is 22.9 Å². The molecular formula is C19H18ClN3O2S. The Bertz CT molecular complexity index is 960. The van der Waals surface area contributed by atoms with E-state index in [2.05, 4.69) is 10.3 Å². The van der Waals surface area contributed by atoms with Crippen molar-refractivity contribution in [2.24, 2.45) is 12.0 Å². The zero-order valence-corrected chi connectivity index (χ0v) is 16.0. The molecule has 0 fully saturated rings. The lowest BCUT2D eigenvalue weighted by Gasteiger charge is -2.07. The number of benzene rings is 2. The Kier molecular flexibility index (Phi) is 5.75. The molecule has 0 saturated heterocycles. The van der Waals surface area contributed by atoms with E-state index in [-0.39, 0.29) is 12.3 Å². The van der Waals surface area contributed by atoms with E-state index in [0.717, 1.165) is 27.6 Å². The van der Waals surface area contributed by atoms with E-state index in [1.54, 1.807) is 19.2 Å². The summed E-state index contributed by atoms with van der Waals surface area (Å²) >= 11 is 7.39. The Balaban J connectivity index is 1.71. The number of hydrogen-bond acceptors (Lipinski definition) is 4. The van der Waals surface area contributed by atoms with Gasteiger partial charge in [0.25, 0.3) is 0 Å². The number of thiazole rings is 1. The summed E-state index contributed by atoms with van der Waals surface area (Å²) in [6.07, 6.45) is 0.273. The van der Waals surface area contributed by atoms with Crippen LogP contribution in [0.5, 0.6) is 5.75 Å². The van der Waals surface area contributed by atoms with Gasteiger partial charge < -0.3 is 14.6 Å². The van der Waals surface area contributed by atoms with Gasteiger partial charge >= 0.3 is 0 Å². The Labute approximate surface area is 160 Å². The smallest absolute Gasteiger partial charge is 0.230 e. The molecule has 0 aliphatic carbocycles. The van der Waals surface area contributed by atoms with Crippen LogP contribution in [-0.4, -0.2) is 17.6 Å². The fourth-order valence-corrected chi connectivity index (χ4v) is 3.38. The van der Waals surface area contributed by atoms with Crippen molar-refractivity contribution in [3.63, 3.8) is 0 Å². The monoisotopic (exact) mass is 387 g/mol. The van der Waals surface area contributed by atoms with Gasteiger partial charge in [-0.3, -0.25) is 4.79 Å². The van der Waals surface area contributed by atoms with E-state index in [9.17, 15) is 4.79 Å². The molecule has 2 aromatic carbocycles. The molecule has 3 aromatic rings. The number of methoxy groups -OCH3 is 1. The van der Waals surface area contributed by atoms with Crippen LogP contribution < -0.4 is 14.9 Å². The highest BCUT2D eigenvalue weighted by atomic mass is 35.5. The molecule has 0 bridgehead atoms. The predicted molar refractivity (Wildman–Crippen MR) is 105 cm³/mol. The topological polar surface area (TPSA) is 55.6 Å². The van der Waals surface area contributed by atoms with Crippen LogP contribution in [-0.2, 0) is 18.3 Å². The predicted octanol–water partition coefficient (Wildman–Crippen LogP) is 4.16. The van der Waals surface area contributed by atoms with Crippen molar-refractivity contribution in [1.82, 2.24) is 4.57 Å². The molecule has 0 aliphatic rings. The molecule has 1 amide bonds. The van der Waals surface area contributed by atoms with Gasteiger partial charge in [-0.1, -0.05) is 11.6 Å². The minimum Gasteiger partial charge on any atom is -0.497 e. The zero-order valence-electron chi connectivity index (χ0n) is 14.4. The second-order valence-electron chi connectivity index (χ2n) is 5.61. The molecule has 1 heterocycles. The minimum absolute atomic E-state index is 0.0818. The first-order chi connectivity index (χ1) is 12.5. The van der Waals surface area contributed by atoms with Gasteiger partial charge in [0.05, 0.1) is 19.2 Å². The largest absolute Gasteiger partial charge is 0.497 e. The second kappa shape index (κ2) is 8.21. The molecule has 3 rings (SSSR count). The van der Waals surface area contributed by atoms with E-state index < -0.39 is 0 Å². The van der Waals surface area contributed by atoms with Crippen LogP contribution in [0.15, 0.2) is 58.9 Å². The van der Waals surface area contributed by atoms with Crippen LogP contribution in [0.3, 0.4) is 0 Å². The molecule has 0 saturated carbocycles. The Hall–Kier alpha value is -2.57. The average Bonchev–Trinajstić information content (AvgIpc) is 2.97. The van der Waals surface area contributed by atoms with Crippen molar-refractivity contribution >= 4 is 40.2 Å². The van der Waals surface area contributed by atoms with E-state index in [0.29, 0.717) is 5.02 Å². The highest BCUT2D eigenvalue weighted by Gasteiger charge is 2.09. The van der Waals surface area contributed by atoms with E-state index in [1.165, 1.54) is 11.3 Å². The van der Waals surface area contributed by atoms with Crippen LogP contribution in [0.4, 0.5) is 11.4 Å². The maximum Gasteiger partial charge on any atom is 0.230 e. The van der Waals surface area contributed by atoms with Crippen molar-refractivity contribution in [3.05, 3.63) is 69.4 Å². The van der Waals surface area contributed by atoms with Gasteiger partial charge in [-0.05, 0) is 48.5 Å². The summed E-state index contributed by atoms with van der Waals surface area (Å²) in [5.74, 6) is 0.669. The summed E-state index contributed by atoms with van der Waals surface area (Å²) in [5, 5.41) is 5.51. The molecule has 26 heavy (non-hydrogen) atoms. The number of rotatable bonds is 5. The summed E-state index contributed by atoms with van der Waals surface area (Å²) in [6, 6.07) is 14.6. The summed E-state index contributed by atoms with van der Waals surface area (Å²) in [6.45, 7) is 0. The van der Waals surface area contributed by atoms with Crippen molar-refractivity contribution < 1.29 is 9.53 Å². The SMILES string of the molecule is COc1ccc(NC(=O)Cc2csc(=Nc3ccc(Cl)cc3)n2C)cc1. The van der Waals surface area contributed by atoms with Gasteiger partial charge in [0.2, 0.25) is 5.91 Å². The van der Waals surface area contributed by atoms with Crippen LogP contribution in [0, 0.1) is 0 Å². The zero-order chi connectivity index (χ0) is 18.5. The number of amides is 1. The molecule has 0 atom stereocenters. The molecule has 0 radical (unpaired) electrons. The van der Waals surface area contributed by atoms with Crippen molar-refractivity contribution in [2.45, 2.75) is 6.42 Å². The number of anilines is 1. The van der Waals surface area contributed by atoms with Gasteiger partial charge in [0, 0.05) is 28.8 Å². The van der Waals surface area contributed by atoms with Gasteiger partial charge in [-0.15, -0.1) is 11.3 Å². The number of aromatic nitrogens is 1. The normalized spacial score (nSPS) is 11.4. The standard InChI is InChI=1S/C19H18ClN3O2S/c1-23-16(11-18(24)21-14-7-9-17(25-2)10-8-14)12-26-19(23)22-15-5-3-13(20)4-6-15/h3-10,12H,11H2,1-2H3,(H,21,24). The highest BCUT2D eigenvalue weighted by Crippen LogP contribution is 2.17. The van der Waals surface area contributed by atoms with Crippen molar-refractivity contribution in [3.8, 4) is 5.75 Å². The first kappa shape index (κ1) is 18.2. The molecule has 1 aromatic heterocycles. The van der Waals surface area contributed by atoms with Crippen LogP contribution in [0.2, 0.25) is 5.02 Å². The maximum absolute atomic E-state index is 12.3. The number of carbonyl (C=O) groups excluding carboxylic acids is 1. The minimum atomic E-state index is -0.0818. The fraction of sp³-hybridized carbons (Fsp3) is 0.158. The molecule has 5 nitrogen and oxygen atoms in total. The van der Waals surface area contributed by atoms with E-state index >= 15 is 0 Å². The van der Waals surface area contributed by atoms with Crippen LogP contribution in [0.1, 0.15) is 5.69 Å². The summed E-state index contributed by atoms with van der Waals surface area (Å²) in [5.41, 5.74) is 2.45. The third kappa shape index (κ3) is 4.53. The molecule has 0 aliphatic heterocycles. The highest BCUT2D eigenvalue weighted by molar-refractivity contribution is 7.07. The lowest BCUT2D eigenvalue weighted by atomic mass is 10.2. The van der Waals surface area contributed by atoms with Gasteiger partial charge in [0.1, 0.15) is 5.75 Å². The van der Waals surface area contributed by atoms with E-state index in [4.69, 9.17) is 16.3 Å². The molecule has 134 valence electrons. The molecule has 0 spiro atoms. The third-order valence-electron chi connectivity index (χ3n) is 3.78. The van der Waals surface area contributed by atoms with Crippen molar-refractivity contribution in [1.29, 1.82) is 0 Å². The second-order valence-corrected chi connectivity index (χ2v) is 6.88. The third-order valence-corrected chi connectivity index (χ3v) is 5.00. The number of nitrogens with zero attached hydrogens (tertiary/aromatic N) is 2. The van der Waals surface area contributed by atoms with E-state index in [1.807, 2.05) is 53.4 Å². The molecule has 1 N–H and O–H groups in total.